The summed E-state index contributed by atoms with van der Waals surface area (Å²) in [4.78, 5) is 16.2. The minimum absolute atomic E-state index is 0.250. The van der Waals surface area contributed by atoms with Gasteiger partial charge in [0.2, 0.25) is 0 Å². The average Bonchev–Trinajstić information content (AvgIpc) is 2.36. The molecule has 60 valence electrons. The Labute approximate surface area is 65.0 Å². The van der Waals surface area contributed by atoms with Crippen LogP contribution in [0.25, 0.3) is 0 Å². The minimum Gasteiger partial charge on any atom is -0.186 e. The van der Waals surface area contributed by atoms with Crippen LogP contribution in [-0.4, -0.2) is 12.7 Å². The maximum atomic E-state index is 8.12. The number of azo groups is 1. The number of hydrogen-bond acceptors (Lipinski definition) is 4. The molecule has 0 N–H and O–H groups in total. The van der Waals surface area contributed by atoms with Crippen molar-refractivity contribution in [1.82, 2.24) is 0 Å². The van der Waals surface area contributed by atoms with E-state index in [-0.39, 0.29) is 6.15 Å². The molecular weight excluding hydrogens is 144 g/mol. The van der Waals surface area contributed by atoms with Crippen molar-refractivity contribution in [1.29, 1.82) is 0 Å². The van der Waals surface area contributed by atoms with Gasteiger partial charge in [0, 0.05) is 0 Å². The van der Waals surface area contributed by atoms with E-state index < -0.39 is 0 Å². The van der Waals surface area contributed by atoms with Gasteiger partial charge in [-0.1, -0.05) is 6.92 Å². The fraction of sp³-hybridized carbons (Fsp3) is 0.571. The molecule has 0 bridgehead atoms. The smallest absolute Gasteiger partial charge is 0.186 e. The molecular formula is C7H10N2O2. The maximum absolute atomic E-state index is 8.12. The number of hydrogen-bond donors (Lipinski definition) is 0. The van der Waals surface area contributed by atoms with Crippen molar-refractivity contribution in [3.05, 3.63) is 11.3 Å². The van der Waals surface area contributed by atoms with Gasteiger partial charge in [-0.15, -0.1) is 0 Å². The Bertz CT molecular complexity index is 212. The Morgan fingerprint density at radius 1 is 1.55 bits per heavy atom. The fourth-order valence-electron chi connectivity index (χ4n) is 0.776. The van der Waals surface area contributed by atoms with Crippen LogP contribution >= 0.6 is 0 Å². The summed E-state index contributed by atoms with van der Waals surface area (Å²) in [6, 6.07) is 0. The monoisotopic (exact) mass is 154 g/mol. The summed E-state index contributed by atoms with van der Waals surface area (Å²) in [7, 11) is 0. The topological polar surface area (TPSA) is 58.9 Å². The molecule has 0 amide bonds. The molecule has 11 heavy (non-hydrogen) atoms. The molecule has 0 aromatic rings. The van der Waals surface area contributed by atoms with Gasteiger partial charge in [0.05, 0.1) is 12.2 Å². The van der Waals surface area contributed by atoms with E-state index in [4.69, 9.17) is 9.59 Å². The Balaban J connectivity index is 0.000000292. The summed E-state index contributed by atoms with van der Waals surface area (Å²) in [6.45, 7) is 5.01. The van der Waals surface area contributed by atoms with Gasteiger partial charge in [-0.3, -0.25) is 0 Å². The van der Waals surface area contributed by atoms with Gasteiger partial charge in [0.15, 0.2) is 0 Å². The predicted octanol–water partition coefficient (Wildman–Crippen LogP) is 1.55. The molecule has 0 saturated carbocycles. The van der Waals surface area contributed by atoms with Crippen LogP contribution in [0.5, 0.6) is 0 Å². The Morgan fingerprint density at radius 3 is 2.27 bits per heavy atom. The molecule has 0 fully saturated rings. The standard InChI is InChI=1S/C6H10N2.CO2/c1-3-6-5(2)4-7-8-6;2-1-3/h3-4H2,1-2H3;. The summed E-state index contributed by atoms with van der Waals surface area (Å²) in [5.74, 6) is 0. The van der Waals surface area contributed by atoms with Crippen molar-refractivity contribution in [2.75, 3.05) is 6.54 Å². The van der Waals surface area contributed by atoms with Crippen molar-refractivity contribution in [3.8, 4) is 0 Å². The zero-order valence-corrected chi connectivity index (χ0v) is 6.63. The van der Waals surface area contributed by atoms with Gasteiger partial charge >= 0.3 is 6.15 Å². The van der Waals surface area contributed by atoms with Gasteiger partial charge in [-0.25, -0.2) is 0 Å². The van der Waals surface area contributed by atoms with Gasteiger partial charge in [0.1, 0.15) is 0 Å². The summed E-state index contributed by atoms with van der Waals surface area (Å²) in [5, 5.41) is 7.81. The second kappa shape index (κ2) is 5.50. The second-order valence-electron chi connectivity index (χ2n) is 2.06. The molecule has 0 aromatic heterocycles. The highest BCUT2D eigenvalue weighted by atomic mass is 16.2. The first-order valence-corrected chi connectivity index (χ1v) is 3.31. The quantitative estimate of drug-likeness (QED) is 0.575. The van der Waals surface area contributed by atoms with E-state index in [9.17, 15) is 0 Å². The zero-order valence-electron chi connectivity index (χ0n) is 6.63. The highest BCUT2D eigenvalue weighted by Crippen LogP contribution is 2.16. The first kappa shape index (κ1) is 9.72. The lowest BCUT2D eigenvalue weighted by Gasteiger charge is -1.89. The van der Waals surface area contributed by atoms with Crippen LogP contribution in [0.3, 0.4) is 0 Å². The predicted molar refractivity (Wildman–Crippen MR) is 37.7 cm³/mol. The lowest BCUT2D eigenvalue weighted by atomic mass is 10.2. The first-order chi connectivity index (χ1) is 5.26. The number of nitrogens with zero attached hydrogens (tertiary/aromatic N) is 2. The van der Waals surface area contributed by atoms with Crippen molar-refractivity contribution < 1.29 is 9.59 Å². The summed E-state index contributed by atoms with van der Waals surface area (Å²) >= 11 is 0. The fourth-order valence-corrected chi connectivity index (χ4v) is 0.776. The summed E-state index contributed by atoms with van der Waals surface area (Å²) in [5.41, 5.74) is 2.50. The van der Waals surface area contributed by atoms with Gasteiger partial charge in [-0.2, -0.15) is 19.8 Å². The normalized spacial score (nSPS) is 14.0. The van der Waals surface area contributed by atoms with Crippen LogP contribution in [0, 0.1) is 0 Å². The minimum atomic E-state index is 0.250. The number of carbonyl (C=O) groups excluding carboxylic acids is 2. The maximum Gasteiger partial charge on any atom is 0.373 e. The molecule has 0 aliphatic carbocycles. The molecule has 0 atom stereocenters. The van der Waals surface area contributed by atoms with Crippen LogP contribution in [0.4, 0.5) is 0 Å². The summed E-state index contributed by atoms with van der Waals surface area (Å²) < 4.78 is 0. The molecule has 1 aliphatic heterocycles. The largest absolute Gasteiger partial charge is 0.373 e. The Kier molecular flexibility index (Phi) is 4.86. The van der Waals surface area contributed by atoms with E-state index in [1.807, 2.05) is 0 Å². The first-order valence-electron chi connectivity index (χ1n) is 3.31. The SMILES string of the molecule is CCC1=C(C)CN=N1.O=C=O. The molecule has 0 aromatic carbocycles. The Morgan fingerprint density at radius 2 is 2.09 bits per heavy atom. The molecule has 1 heterocycles. The van der Waals surface area contributed by atoms with E-state index in [1.54, 1.807) is 0 Å². The van der Waals surface area contributed by atoms with Crippen LogP contribution < -0.4 is 0 Å². The van der Waals surface area contributed by atoms with Crippen molar-refractivity contribution in [3.63, 3.8) is 0 Å². The third kappa shape index (κ3) is 3.43. The molecule has 1 rings (SSSR count). The van der Waals surface area contributed by atoms with Gasteiger partial charge in [-0.05, 0) is 18.9 Å². The molecule has 1 aliphatic rings. The van der Waals surface area contributed by atoms with E-state index in [0.29, 0.717) is 0 Å². The second-order valence-corrected chi connectivity index (χ2v) is 2.06. The van der Waals surface area contributed by atoms with Crippen molar-refractivity contribution in [2.24, 2.45) is 10.2 Å². The summed E-state index contributed by atoms with van der Waals surface area (Å²) in [6.07, 6.45) is 1.27. The number of rotatable bonds is 1. The molecule has 4 heteroatoms. The highest BCUT2D eigenvalue weighted by molar-refractivity contribution is 5.20. The third-order valence-corrected chi connectivity index (χ3v) is 1.33. The van der Waals surface area contributed by atoms with E-state index >= 15 is 0 Å². The van der Waals surface area contributed by atoms with Gasteiger partial charge in [0.25, 0.3) is 0 Å². The Hall–Kier alpha value is -1.28. The van der Waals surface area contributed by atoms with Gasteiger partial charge < -0.3 is 0 Å². The lowest BCUT2D eigenvalue weighted by molar-refractivity contribution is -0.191. The van der Waals surface area contributed by atoms with E-state index in [1.165, 1.54) is 11.3 Å². The van der Waals surface area contributed by atoms with Crippen LogP contribution in [0.15, 0.2) is 21.5 Å². The van der Waals surface area contributed by atoms with Crippen LogP contribution in [0.1, 0.15) is 20.3 Å². The molecule has 4 nitrogen and oxygen atoms in total. The highest BCUT2D eigenvalue weighted by Gasteiger charge is 2.02. The van der Waals surface area contributed by atoms with E-state index in [0.717, 1.165) is 13.0 Å². The van der Waals surface area contributed by atoms with Crippen molar-refractivity contribution >= 4 is 6.15 Å². The average molecular weight is 154 g/mol. The molecule has 0 radical (unpaired) electrons. The zero-order chi connectivity index (χ0) is 8.69. The van der Waals surface area contributed by atoms with Crippen LogP contribution in [0.2, 0.25) is 0 Å². The van der Waals surface area contributed by atoms with Crippen molar-refractivity contribution in [2.45, 2.75) is 20.3 Å². The third-order valence-electron chi connectivity index (χ3n) is 1.33. The van der Waals surface area contributed by atoms with E-state index in [2.05, 4.69) is 24.1 Å². The lowest BCUT2D eigenvalue weighted by Crippen LogP contribution is -1.78. The molecule has 0 spiro atoms. The number of allylic oxidation sites excluding steroid dienone is 1. The molecule has 0 saturated heterocycles. The van der Waals surface area contributed by atoms with Crippen LogP contribution in [-0.2, 0) is 9.59 Å². The molecule has 0 unspecified atom stereocenters.